The van der Waals surface area contributed by atoms with Gasteiger partial charge >= 0.3 is 0 Å². The summed E-state index contributed by atoms with van der Waals surface area (Å²) in [5, 5.41) is 11.4. The number of hydrogen-bond donors (Lipinski definition) is 2. The maximum atomic E-state index is 8.45. The minimum atomic E-state index is 0.275. The van der Waals surface area contributed by atoms with Crippen LogP contribution in [0.5, 0.6) is 0 Å². The molecule has 1 rings (SSSR count). The lowest BCUT2D eigenvalue weighted by atomic mass is 10.1. The third-order valence-electron chi connectivity index (χ3n) is 2.90. The van der Waals surface area contributed by atoms with Crippen LogP contribution in [0.2, 0.25) is 0 Å². The second-order valence-electron chi connectivity index (χ2n) is 4.50. The number of nitrogens with zero attached hydrogens (tertiary/aromatic N) is 2. The van der Waals surface area contributed by atoms with E-state index in [1.165, 1.54) is 16.7 Å². The predicted molar refractivity (Wildman–Crippen MR) is 70.3 cm³/mol. The highest BCUT2D eigenvalue weighted by atomic mass is 16.4. The van der Waals surface area contributed by atoms with Crippen molar-refractivity contribution in [3.63, 3.8) is 0 Å². The Morgan fingerprint density at radius 1 is 1.35 bits per heavy atom. The lowest BCUT2D eigenvalue weighted by Gasteiger charge is -2.16. The Kier molecular flexibility index (Phi) is 4.97. The molecule has 0 atom stereocenters. The van der Waals surface area contributed by atoms with Crippen LogP contribution >= 0.6 is 0 Å². The van der Waals surface area contributed by atoms with E-state index in [1.54, 1.807) is 0 Å². The highest BCUT2D eigenvalue weighted by Gasteiger charge is 2.03. The maximum absolute atomic E-state index is 8.45. The van der Waals surface area contributed by atoms with Crippen LogP contribution < -0.4 is 5.73 Å². The van der Waals surface area contributed by atoms with Crippen LogP contribution in [0.15, 0.2) is 23.4 Å². The standard InChI is InChI=1S/C13H21N3O/c1-10-4-5-12(8-11(10)2)9-16(3)7-6-13(14)15-17/h4-5,8,17H,6-7,9H2,1-3H3,(H2,14,15). The molecule has 4 nitrogen and oxygen atoms in total. The van der Waals surface area contributed by atoms with Crippen molar-refractivity contribution in [2.24, 2.45) is 10.9 Å². The SMILES string of the molecule is Cc1ccc(CN(C)CC/C(N)=N/O)cc1C. The molecule has 94 valence electrons. The van der Waals surface area contributed by atoms with Crippen LogP contribution in [0.3, 0.4) is 0 Å². The third kappa shape index (κ3) is 4.44. The Hall–Kier alpha value is -1.55. The van der Waals surface area contributed by atoms with E-state index in [1.807, 2.05) is 7.05 Å². The fraction of sp³-hybridized carbons (Fsp3) is 0.462. The van der Waals surface area contributed by atoms with Gasteiger partial charge in [-0.2, -0.15) is 0 Å². The van der Waals surface area contributed by atoms with Crippen molar-refractivity contribution in [2.45, 2.75) is 26.8 Å². The summed E-state index contributed by atoms with van der Waals surface area (Å²) >= 11 is 0. The van der Waals surface area contributed by atoms with E-state index in [9.17, 15) is 0 Å². The van der Waals surface area contributed by atoms with Crippen molar-refractivity contribution >= 4 is 5.84 Å². The zero-order valence-electron chi connectivity index (χ0n) is 10.8. The summed E-state index contributed by atoms with van der Waals surface area (Å²) in [6, 6.07) is 6.49. The number of nitrogens with two attached hydrogens (primary N) is 1. The van der Waals surface area contributed by atoms with Crippen molar-refractivity contribution in [3.05, 3.63) is 34.9 Å². The largest absolute Gasteiger partial charge is 0.409 e. The van der Waals surface area contributed by atoms with Crippen molar-refractivity contribution in [2.75, 3.05) is 13.6 Å². The molecule has 0 saturated carbocycles. The van der Waals surface area contributed by atoms with E-state index in [4.69, 9.17) is 10.9 Å². The highest BCUT2D eigenvalue weighted by molar-refractivity contribution is 5.79. The predicted octanol–water partition coefficient (Wildman–Crippen LogP) is 1.87. The molecule has 0 amide bonds. The average molecular weight is 235 g/mol. The molecule has 0 fully saturated rings. The number of hydrogen-bond acceptors (Lipinski definition) is 3. The molecule has 1 aromatic rings. The molecule has 0 aliphatic rings. The minimum Gasteiger partial charge on any atom is -0.409 e. The van der Waals surface area contributed by atoms with Gasteiger partial charge in [0.2, 0.25) is 0 Å². The van der Waals surface area contributed by atoms with Gasteiger partial charge in [-0.1, -0.05) is 23.4 Å². The fourth-order valence-corrected chi connectivity index (χ4v) is 1.65. The topological polar surface area (TPSA) is 61.8 Å². The summed E-state index contributed by atoms with van der Waals surface area (Å²) in [5.41, 5.74) is 9.34. The molecule has 0 spiro atoms. The first-order chi connectivity index (χ1) is 8.02. The number of rotatable bonds is 5. The monoisotopic (exact) mass is 235 g/mol. The summed E-state index contributed by atoms with van der Waals surface area (Å²) < 4.78 is 0. The van der Waals surface area contributed by atoms with Crippen molar-refractivity contribution in [1.82, 2.24) is 4.90 Å². The van der Waals surface area contributed by atoms with Gasteiger partial charge in [-0.05, 0) is 37.6 Å². The van der Waals surface area contributed by atoms with Crippen LogP contribution in [0.4, 0.5) is 0 Å². The molecule has 0 unspecified atom stereocenters. The first-order valence-corrected chi connectivity index (χ1v) is 5.74. The van der Waals surface area contributed by atoms with Crippen LogP contribution in [-0.4, -0.2) is 29.5 Å². The molecular formula is C13H21N3O. The Labute approximate surface area is 103 Å². The number of oxime groups is 1. The third-order valence-corrected chi connectivity index (χ3v) is 2.90. The lowest BCUT2D eigenvalue weighted by Crippen LogP contribution is -2.24. The Bertz CT molecular complexity index is 402. The molecule has 0 aliphatic carbocycles. The Morgan fingerprint density at radius 3 is 2.65 bits per heavy atom. The van der Waals surface area contributed by atoms with Gasteiger partial charge in [0.25, 0.3) is 0 Å². The van der Waals surface area contributed by atoms with Crippen LogP contribution in [0.1, 0.15) is 23.1 Å². The molecule has 0 aromatic heterocycles. The summed E-state index contributed by atoms with van der Waals surface area (Å²) in [6.07, 6.45) is 0.581. The van der Waals surface area contributed by atoms with E-state index in [0.717, 1.165) is 13.1 Å². The van der Waals surface area contributed by atoms with E-state index in [2.05, 4.69) is 42.1 Å². The van der Waals surface area contributed by atoms with Gasteiger partial charge in [-0.15, -0.1) is 0 Å². The zero-order chi connectivity index (χ0) is 12.8. The minimum absolute atomic E-state index is 0.275. The second-order valence-corrected chi connectivity index (χ2v) is 4.50. The summed E-state index contributed by atoms with van der Waals surface area (Å²) in [6.45, 7) is 5.89. The summed E-state index contributed by atoms with van der Waals surface area (Å²) in [5.74, 6) is 0.275. The van der Waals surface area contributed by atoms with Crippen molar-refractivity contribution in [1.29, 1.82) is 0 Å². The van der Waals surface area contributed by atoms with Crippen LogP contribution in [0, 0.1) is 13.8 Å². The first kappa shape index (κ1) is 13.5. The smallest absolute Gasteiger partial charge is 0.140 e. The molecule has 0 bridgehead atoms. The number of amidine groups is 1. The number of aryl methyl sites for hydroxylation is 2. The highest BCUT2D eigenvalue weighted by Crippen LogP contribution is 2.11. The van der Waals surface area contributed by atoms with Gasteiger partial charge < -0.3 is 15.8 Å². The normalized spacial score (nSPS) is 12.1. The first-order valence-electron chi connectivity index (χ1n) is 5.74. The lowest BCUT2D eigenvalue weighted by molar-refractivity contribution is 0.309. The van der Waals surface area contributed by atoms with Crippen molar-refractivity contribution in [3.8, 4) is 0 Å². The van der Waals surface area contributed by atoms with Crippen LogP contribution in [0.25, 0.3) is 0 Å². The fourth-order valence-electron chi connectivity index (χ4n) is 1.65. The Balaban J connectivity index is 2.50. The number of benzene rings is 1. The summed E-state index contributed by atoms with van der Waals surface area (Å²) in [7, 11) is 2.03. The van der Waals surface area contributed by atoms with E-state index < -0.39 is 0 Å². The average Bonchev–Trinajstić information content (AvgIpc) is 2.31. The molecule has 1 aromatic carbocycles. The molecule has 4 heteroatoms. The molecule has 17 heavy (non-hydrogen) atoms. The maximum Gasteiger partial charge on any atom is 0.140 e. The summed E-state index contributed by atoms with van der Waals surface area (Å²) in [4.78, 5) is 2.15. The van der Waals surface area contributed by atoms with Gasteiger partial charge in [-0.3, -0.25) is 0 Å². The van der Waals surface area contributed by atoms with Gasteiger partial charge in [0.15, 0.2) is 0 Å². The molecule has 0 aliphatic heterocycles. The van der Waals surface area contributed by atoms with Gasteiger partial charge in [0, 0.05) is 19.5 Å². The molecular weight excluding hydrogens is 214 g/mol. The molecule has 0 heterocycles. The Morgan fingerprint density at radius 2 is 2.06 bits per heavy atom. The van der Waals surface area contributed by atoms with E-state index >= 15 is 0 Å². The van der Waals surface area contributed by atoms with Crippen LogP contribution in [-0.2, 0) is 6.54 Å². The molecule has 3 N–H and O–H groups in total. The van der Waals surface area contributed by atoms with E-state index in [-0.39, 0.29) is 5.84 Å². The van der Waals surface area contributed by atoms with Gasteiger partial charge in [0.1, 0.15) is 5.84 Å². The molecule has 0 radical (unpaired) electrons. The van der Waals surface area contributed by atoms with E-state index in [0.29, 0.717) is 6.42 Å². The zero-order valence-corrected chi connectivity index (χ0v) is 10.8. The molecule has 0 saturated heterocycles. The quantitative estimate of drug-likeness (QED) is 0.354. The van der Waals surface area contributed by atoms with Gasteiger partial charge in [-0.25, -0.2) is 0 Å². The van der Waals surface area contributed by atoms with Crippen molar-refractivity contribution < 1.29 is 5.21 Å². The second kappa shape index (κ2) is 6.25. The van der Waals surface area contributed by atoms with Gasteiger partial charge in [0.05, 0.1) is 0 Å².